The number of rotatable bonds is 8. The maximum atomic E-state index is 12.4. The van der Waals surface area contributed by atoms with E-state index in [1.165, 1.54) is 18.2 Å². The lowest BCUT2D eigenvalue weighted by Crippen LogP contribution is -2.13. The van der Waals surface area contributed by atoms with Crippen molar-refractivity contribution in [1.82, 2.24) is 0 Å². The highest BCUT2D eigenvalue weighted by Gasteiger charge is 2.17. The van der Waals surface area contributed by atoms with Crippen LogP contribution in [0.4, 0.5) is 11.4 Å². The molecule has 0 aromatic heterocycles. The number of non-ortho nitro benzene ring substituents is 1. The van der Waals surface area contributed by atoms with E-state index in [-0.39, 0.29) is 10.6 Å². The molecule has 0 spiro atoms. The van der Waals surface area contributed by atoms with Crippen LogP contribution < -0.4 is 14.2 Å². The Morgan fingerprint density at radius 1 is 1.00 bits per heavy atom. The molecule has 0 unspecified atom stereocenters. The maximum absolute atomic E-state index is 12.4. The van der Waals surface area contributed by atoms with Crippen LogP contribution in [0.2, 0.25) is 0 Å². The van der Waals surface area contributed by atoms with Crippen molar-refractivity contribution < 1.29 is 22.8 Å². The number of ether oxygens (including phenoxy) is 2. The summed E-state index contributed by atoms with van der Waals surface area (Å²) in [5, 5.41) is 10.7. The minimum Gasteiger partial charge on any atom is -0.490 e. The first-order chi connectivity index (χ1) is 11.9. The van der Waals surface area contributed by atoms with E-state index in [0.717, 1.165) is 12.1 Å². The average Bonchev–Trinajstić information content (AvgIpc) is 2.57. The van der Waals surface area contributed by atoms with Crippen molar-refractivity contribution in [2.24, 2.45) is 0 Å². The highest BCUT2D eigenvalue weighted by atomic mass is 32.2. The summed E-state index contributed by atoms with van der Waals surface area (Å²) >= 11 is 0. The normalized spacial score (nSPS) is 11.0. The Morgan fingerprint density at radius 2 is 1.60 bits per heavy atom. The largest absolute Gasteiger partial charge is 0.490 e. The zero-order valence-electron chi connectivity index (χ0n) is 13.8. The summed E-state index contributed by atoms with van der Waals surface area (Å²) in [6.07, 6.45) is 0. The topological polar surface area (TPSA) is 108 Å². The molecule has 2 aromatic rings. The van der Waals surface area contributed by atoms with E-state index >= 15 is 0 Å². The van der Waals surface area contributed by atoms with Gasteiger partial charge < -0.3 is 9.47 Å². The molecule has 2 aromatic carbocycles. The smallest absolute Gasteiger partial charge is 0.269 e. The molecular formula is C16H18N2O6S. The van der Waals surface area contributed by atoms with Gasteiger partial charge in [-0.3, -0.25) is 14.8 Å². The Bertz CT molecular complexity index is 849. The fraction of sp³-hybridized carbons (Fsp3) is 0.250. The summed E-state index contributed by atoms with van der Waals surface area (Å²) in [5.74, 6) is 0.941. The van der Waals surface area contributed by atoms with Crippen molar-refractivity contribution in [1.29, 1.82) is 0 Å². The summed E-state index contributed by atoms with van der Waals surface area (Å²) in [6.45, 7) is 4.50. The molecule has 1 N–H and O–H groups in total. The van der Waals surface area contributed by atoms with Gasteiger partial charge in [-0.25, -0.2) is 8.42 Å². The van der Waals surface area contributed by atoms with Crippen molar-refractivity contribution in [3.63, 3.8) is 0 Å². The quantitative estimate of drug-likeness (QED) is 0.568. The summed E-state index contributed by atoms with van der Waals surface area (Å²) in [5.41, 5.74) is 0.115. The number of nitro benzene ring substituents is 1. The summed E-state index contributed by atoms with van der Waals surface area (Å²) in [6, 6.07) is 9.32. The van der Waals surface area contributed by atoms with Gasteiger partial charge in [0.25, 0.3) is 15.7 Å². The van der Waals surface area contributed by atoms with Gasteiger partial charge in [0.1, 0.15) is 0 Å². The molecule has 0 radical (unpaired) electrons. The van der Waals surface area contributed by atoms with Crippen LogP contribution in [-0.2, 0) is 10.0 Å². The van der Waals surface area contributed by atoms with E-state index in [1.54, 1.807) is 12.1 Å². The first-order valence-corrected chi connectivity index (χ1v) is 9.02. The second-order valence-corrected chi connectivity index (χ2v) is 6.57. The SMILES string of the molecule is CCOc1ccc(NS(=O)(=O)c2ccc([N+](=O)[O-])cc2)cc1OCC. The number of hydrogen-bond acceptors (Lipinski definition) is 6. The van der Waals surface area contributed by atoms with Crippen LogP contribution in [0.3, 0.4) is 0 Å². The van der Waals surface area contributed by atoms with Crippen LogP contribution in [0.5, 0.6) is 11.5 Å². The number of sulfonamides is 1. The van der Waals surface area contributed by atoms with Crippen LogP contribution >= 0.6 is 0 Å². The average molecular weight is 366 g/mol. The Labute approximate surface area is 145 Å². The lowest BCUT2D eigenvalue weighted by molar-refractivity contribution is -0.384. The summed E-state index contributed by atoms with van der Waals surface area (Å²) in [4.78, 5) is 9.98. The third-order valence-electron chi connectivity index (χ3n) is 3.15. The lowest BCUT2D eigenvalue weighted by Gasteiger charge is -2.13. The molecule has 0 aliphatic heterocycles. The molecule has 9 heteroatoms. The molecule has 134 valence electrons. The molecule has 0 aliphatic rings. The number of nitrogens with one attached hydrogen (secondary N) is 1. The van der Waals surface area contributed by atoms with Crippen LogP contribution in [0.15, 0.2) is 47.4 Å². The molecule has 0 amide bonds. The lowest BCUT2D eigenvalue weighted by atomic mass is 10.3. The third-order valence-corrected chi connectivity index (χ3v) is 4.55. The van der Waals surface area contributed by atoms with Gasteiger partial charge in [-0.15, -0.1) is 0 Å². The summed E-state index contributed by atoms with van der Waals surface area (Å²) < 4.78 is 38.1. The van der Waals surface area contributed by atoms with E-state index in [4.69, 9.17) is 9.47 Å². The Hall–Kier alpha value is -2.81. The van der Waals surface area contributed by atoms with E-state index in [1.807, 2.05) is 13.8 Å². The van der Waals surface area contributed by atoms with Crippen molar-refractivity contribution in [2.45, 2.75) is 18.7 Å². The number of benzene rings is 2. The van der Waals surface area contributed by atoms with E-state index in [2.05, 4.69) is 4.72 Å². The van der Waals surface area contributed by atoms with Gasteiger partial charge in [0.05, 0.1) is 28.7 Å². The molecule has 0 aliphatic carbocycles. The van der Waals surface area contributed by atoms with Gasteiger partial charge in [-0.05, 0) is 38.1 Å². The van der Waals surface area contributed by atoms with Crippen LogP contribution in [-0.4, -0.2) is 26.6 Å². The first kappa shape index (κ1) is 18.5. The number of hydrogen-bond donors (Lipinski definition) is 1. The molecular weight excluding hydrogens is 348 g/mol. The molecule has 0 bridgehead atoms. The van der Waals surface area contributed by atoms with E-state index < -0.39 is 14.9 Å². The highest BCUT2D eigenvalue weighted by Crippen LogP contribution is 2.31. The van der Waals surface area contributed by atoms with Crippen LogP contribution in [0, 0.1) is 10.1 Å². The predicted octanol–water partition coefficient (Wildman–Crippen LogP) is 3.19. The van der Waals surface area contributed by atoms with Gasteiger partial charge in [-0.1, -0.05) is 0 Å². The Kier molecular flexibility index (Phi) is 5.81. The molecule has 0 saturated heterocycles. The standard InChI is InChI=1S/C16H18N2O6S/c1-3-23-15-10-5-12(11-16(15)24-4-2)17-25(21,22)14-8-6-13(7-9-14)18(19)20/h5-11,17H,3-4H2,1-2H3. The molecule has 25 heavy (non-hydrogen) atoms. The zero-order chi connectivity index (χ0) is 18.4. The van der Waals surface area contributed by atoms with Crippen molar-refractivity contribution >= 4 is 21.4 Å². The fourth-order valence-electron chi connectivity index (χ4n) is 2.08. The minimum atomic E-state index is -3.88. The first-order valence-electron chi connectivity index (χ1n) is 7.54. The minimum absolute atomic E-state index is 0.0788. The number of nitrogens with zero attached hydrogens (tertiary/aromatic N) is 1. The molecule has 0 saturated carbocycles. The van der Waals surface area contributed by atoms with Gasteiger partial charge in [0.15, 0.2) is 11.5 Å². The zero-order valence-corrected chi connectivity index (χ0v) is 14.6. The predicted molar refractivity (Wildman–Crippen MR) is 92.7 cm³/mol. The number of anilines is 1. The molecule has 0 atom stereocenters. The second kappa shape index (κ2) is 7.84. The van der Waals surface area contributed by atoms with Crippen LogP contribution in [0.25, 0.3) is 0 Å². The monoisotopic (exact) mass is 366 g/mol. The van der Waals surface area contributed by atoms with Crippen molar-refractivity contribution in [3.05, 3.63) is 52.6 Å². The molecule has 0 heterocycles. The van der Waals surface area contributed by atoms with Gasteiger partial charge in [-0.2, -0.15) is 0 Å². The van der Waals surface area contributed by atoms with Gasteiger partial charge in [0, 0.05) is 18.2 Å². The van der Waals surface area contributed by atoms with E-state index in [9.17, 15) is 18.5 Å². The fourth-order valence-corrected chi connectivity index (χ4v) is 3.13. The van der Waals surface area contributed by atoms with Crippen molar-refractivity contribution in [3.8, 4) is 11.5 Å². The van der Waals surface area contributed by atoms with Gasteiger partial charge >= 0.3 is 0 Å². The molecule has 2 rings (SSSR count). The molecule has 0 fully saturated rings. The molecule has 8 nitrogen and oxygen atoms in total. The van der Waals surface area contributed by atoms with Crippen LogP contribution in [0.1, 0.15) is 13.8 Å². The number of nitro groups is 1. The van der Waals surface area contributed by atoms with Crippen molar-refractivity contribution in [2.75, 3.05) is 17.9 Å². The highest BCUT2D eigenvalue weighted by molar-refractivity contribution is 7.92. The Balaban J connectivity index is 2.27. The summed E-state index contributed by atoms with van der Waals surface area (Å²) in [7, 11) is -3.88. The third kappa shape index (κ3) is 4.60. The second-order valence-electron chi connectivity index (χ2n) is 4.88. The maximum Gasteiger partial charge on any atom is 0.269 e. The van der Waals surface area contributed by atoms with E-state index in [0.29, 0.717) is 30.4 Å². The van der Waals surface area contributed by atoms with Gasteiger partial charge in [0.2, 0.25) is 0 Å². The Morgan fingerprint density at radius 3 is 2.16 bits per heavy atom.